The molecule has 0 radical (unpaired) electrons. The van der Waals surface area contributed by atoms with E-state index in [0.717, 1.165) is 49.1 Å². The fourth-order valence-electron chi connectivity index (χ4n) is 5.95. The fourth-order valence-corrected chi connectivity index (χ4v) is 7.09. The number of amides is 3. The SMILES string of the molecule is CNC(C)C(=O)NC(C(=O)N1CCC(N(CCC(=O)Nc2ccc3ccccc3c2)S(C)(=O)=O)C1)C1CCCCC1. The molecule has 10 nitrogen and oxygen atoms in total. The lowest BCUT2D eigenvalue weighted by atomic mass is 9.83. The lowest BCUT2D eigenvalue weighted by molar-refractivity contribution is -0.138. The molecule has 224 valence electrons. The van der Waals surface area contributed by atoms with Crippen molar-refractivity contribution in [3.8, 4) is 0 Å². The molecule has 2 fully saturated rings. The number of sulfonamides is 1. The summed E-state index contributed by atoms with van der Waals surface area (Å²) in [6.45, 7) is 2.41. The van der Waals surface area contributed by atoms with E-state index in [2.05, 4.69) is 16.0 Å². The number of nitrogens with zero attached hydrogens (tertiary/aromatic N) is 2. The van der Waals surface area contributed by atoms with Crippen LogP contribution in [0.2, 0.25) is 0 Å². The number of likely N-dealkylation sites (N-methyl/N-ethyl adjacent to an activating group) is 1. The summed E-state index contributed by atoms with van der Waals surface area (Å²) < 4.78 is 26.9. The van der Waals surface area contributed by atoms with Crippen molar-refractivity contribution in [2.45, 2.75) is 70.0 Å². The van der Waals surface area contributed by atoms with Gasteiger partial charge < -0.3 is 20.9 Å². The zero-order chi connectivity index (χ0) is 29.6. The van der Waals surface area contributed by atoms with E-state index in [4.69, 9.17) is 0 Å². The number of rotatable bonds is 11. The maximum atomic E-state index is 13.7. The van der Waals surface area contributed by atoms with Crippen molar-refractivity contribution in [3.63, 3.8) is 0 Å². The minimum Gasteiger partial charge on any atom is -0.343 e. The molecule has 1 saturated carbocycles. The Morgan fingerprint density at radius 1 is 1.02 bits per heavy atom. The smallest absolute Gasteiger partial charge is 0.245 e. The highest BCUT2D eigenvalue weighted by Crippen LogP contribution is 2.29. The molecule has 3 amide bonds. The van der Waals surface area contributed by atoms with E-state index in [1.54, 1.807) is 18.9 Å². The number of carbonyl (C=O) groups excluding carboxylic acids is 3. The van der Waals surface area contributed by atoms with E-state index >= 15 is 0 Å². The molecule has 0 aromatic heterocycles. The zero-order valence-corrected chi connectivity index (χ0v) is 25.1. The topological polar surface area (TPSA) is 128 Å². The second-order valence-corrected chi connectivity index (χ2v) is 13.3. The van der Waals surface area contributed by atoms with Gasteiger partial charge in [-0.15, -0.1) is 0 Å². The number of anilines is 1. The number of nitrogens with one attached hydrogen (secondary N) is 3. The average molecular weight is 586 g/mol. The molecule has 3 unspecified atom stereocenters. The monoisotopic (exact) mass is 585 g/mol. The molecular weight excluding hydrogens is 542 g/mol. The Morgan fingerprint density at radius 3 is 2.41 bits per heavy atom. The van der Waals surface area contributed by atoms with Gasteiger partial charge in [-0.3, -0.25) is 14.4 Å². The Morgan fingerprint density at radius 2 is 1.73 bits per heavy atom. The van der Waals surface area contributed by atoms with Gasteiger partial charge in [0.25, 0.3) is 0 Å². The third-order valence-electron chi connectivity index (χ3n) is 8.41. The van der Waals surface area contributed by atoms with Gasteiger partial charge >= 0.3 is 0 Å². The lowest BCUT2D eigenvalue weighted by Crippen LogP contribution is -2.55. The molecule has 0 spiro atoms. The van der Waals surface area contributed by atoms with Crippen LogP contribution in [-0.4, -0.2) is 86.4 Å². The second-order valence-electron chi connectivity index (χ2n) is 11.4. The molecule has 4 rings (SSSR count). The molecule has 3 atom stereocenters. The first-order chi connectivity index (χ1) is 19.6. The van der Waals surface area contributed by atoms with Gasteiger partial charge in [-0.25, -0.2) is 8.42 Å². The molecule has 41 heavy (non-hydrogen) atoms. The van der Waals surface area contributed by atoms with Crippen LogP contribution < -0.4 is 16.0 Å². The molecule has 2 aromatic rings. The minimum absolute atomic E-state index is 0.00694. The summed E-state index contributed by atoms with van der Waals surface area (Å²) in [7, 11) is -1.93. The molecule has 0 bridgehead atoms. The van der Waals surface area contributed by atoms with Gasteiger partial charge in [-0.2, -0.15) is 4.31 Å². The molecule has 2 aromatic carbocycles. The summed E-state index contributed by atoms with van der Waals surface area (Å²) >= 11 is 0. The molecule has 1 heterocycles. The number of likely N-dealkylation sites (tertiary alicyclic amines) is 1. The quantitative estimate of drug-likeness (QED) is 0.372. The van der Waals surface area contributed by atoms with Crippen LogP contribution in [0, 0.1) is 5.92 Å². The second kappa shape index (κ2) is 13.8. The van der Waals surface area contributed by atoms with E-state index in [9.17, 15) is 22.8 Å². The maximum absolute atomic E-state index is 13.7. The van der Waals surface area contributed by atoms with Gasteiger partial charge in [0.15, 0.2) is 0 Å². The summed E-state index contributed by atoms with van der Waals surface area (Å²) in [6.07, 6.45) is 6.55. The molecule has 1 aliphatic heterocycles. The molecular formula is C30H43N5O5S. The van der Waals surface area contributed by atoms with Gasteiger partial charge in [0.05, 0.1) is 12.3 Å². The maximum Gasteiger partial charge on any atom is 0.245 e. The molecule has 2 aliphatic rings. The van der Waals surface area contributed by atoms with Crippen molar-refractivity contribution < 1.29 is 22.8 Å². The van der Waals surface area contributed by atoms with Gasteiger partial charge in [-0.05, 0) is 62.1 Å². The van der Waals surface area contributed by atoms with Crippen molar-refractivity contribution in [2.24, 2.45) is 5.92 Å². The minimum atomic E-state index is -3.63. The number of carbonyl (C=O) groups is 3. The van der Waals surface area contributed by atoms with Crippen molar-refractivity contribution in [1.29, 1.82) is 0 Å². The van der Waals surface area contributed by atoms with Crippen molar-refractivity contribution in [3.05, 3.63) is 42.5 Å². The van der Waals surface area contributed by atoms with Gasteiger partial charge in [0.1, 0.15) is 6.04 Å². The Bertz CT molecular complexity index is 1340. The summed E-state index contributed by atoms with van der Waals surface area (Å²) in [5, 5.41) is 10.8. The third kappa shape index (κ3) is 8.05. The van der Waals surface area contributed by atoms with Crippen LogP contribution in [0.15, 0.2) is 42.5 Å². The van der Waals surface area contributed by atoms with Gasteiger partial charge in [0.2, 0.25) is 27.7 Å². The van der Waals surface area contributed by atoms with E-state index in [1.165, 1.54) is 4.31 Å². The normalized spacial score (nSPS) is 19.7. The molecule has 11 heteroatoms. The Hall–Kier alpha value is -3.02. The average Bonchev–Trinajstić information content (AvgIpc) is 3.44. The number of benzene rings is 2. The lowest BCUT2D eigenvalue weighted by Gasteiger charge is -2.34. The third-order valence-corrected chi connectivity index (χ3v) is 9.74. The van der Waals surface area contributed by atoms with Crippen molar-refractivity contribution in [1.82, 2.24) is 19.8 Å². The molecule has 1 aliphatic carbocycles. The highest BCUT2D eigenvalue weighted by Gasteiger charge is 2.40. The van der Waals surface area contributed by atoms with E-state index in [0.29, 0.717) is 18.7 Å². The first kappa shape index (κ1) is 30.9. The fraction of sp³-hybridized carbons (Fsp3) is 0.567. The first-order valence-electron chi connectivity index (χ1n) is 14.6. The predicted octanol–water partition coefficient (Wildman–Crippen LogP) is 2.70. The largest absolute Gasteiger partial charge is 0.343 e. The van der Waals surface area contributed by atoms with Crippen LogP contribution in [0.3, 0.4) is 0 Å². The van der Waals surface area contributed by atoms with Crippen LogP contribution in [0.25, 0.3) is 10.8 Å². The Labute approximate surface area is 243 Å². The van der Waals surface area contributed by atoms with Gasteiger partial charge in [0, 0.05) is 37.8 Å². The Balaban J connectivity index is 1.39. The number of hydrogen-bond donors (Lipinski definition) is 3. The molecule has 3 N–H and O–H groups in total. The van der Waals surface area contributed by atoms with Crippen LogP contribution in [0.5, 0.6) is 0 Å². The van der Waals surface area contributed by atoms with Crippen molar-refractivity contribution >= 4 is 44.2 Å². The summed E-state index contributed by atoms with van der Waals surface area (Å²) in [5.41, 5.74) is 0.653. The van der Waals surface area contributed by atoms with Gasteiger partial charge in [-0.1, -0.05) is 49.6 Å². The predicted molar refractivity (Wildman–Crippen MR) is 161 cm³/mol. The highest BCUT2D eigenvalue weighted by atomic mass is 32.2. The van der Waals surface area contributed by atoms with Crippen LogP contribution >= 0.6 is 0 Å². The number of fused-ring (bicyclic) bond motifs is 1. The zero-order valence-electron chi connectivity index (χ0n) is 24.3. The van der Waals surface area contributed by atoms with E-state index < -0.39 is 28.1 Å². The Kier molecular flexibility index (Phi) is 10.4. The first-order valence-corrected chi connectivity index (χ1v) is 16.4. The summed E-state index contributed by atoms with van der Waals surface area (Å²) in [6, 6.07) is 12.0. The highest BCUT2D eigenvalue weighted by molar-refractivity contribution is 7.88. The van der Waals surface area contributed by atoms with Crippen molar-refractivity contribution in [2.75, 3.05) is 38.3 Å². The summed E-state index contributed by atoms with van der Waals surface area (Å²) in [4.78, 5) is 40.9. The number of hydrogen-bond acceptors (Lipinski definition) is 6. The van der Waals surface area contributed by atoms with Crippen LogP contribution in [0.1, 0.15) is 51.9 Å². The summed E-state index contributed by atoms with van der Waals surface area (Å²) in [5.74, 6) is -0.590. The van der Waals surface area contributed by atoms with Crippen LogP contribution in [-0.2, 0) is 24.4 Å². The standard InChI is InChI=1S/C30H43N5O5S/c1-21(31-2)29(37)33-28(23-10-5-4-6-11-23)30(38)34-17-15-26(20-34)35(41(3,39)40)18-16-27(36)32-25-14-13-22-9-7-8-12-24(22)19-25/h7-9,12-14,19,21,23,26,28,31H,4-6,10-11,15-18,20H2,1-3H3,(H,32,36)(H,33,37). The van der Waals surface area contributed by atoms with Crippen LogP contribution in [0.4, 0.5) is 5.69 Å². The molecule has 1 saturated heterocycles. The van der Waals surface area contributed by atoms with E-state index in [-0.39, 0.29) is 43.1 Å². The van der Waals surface area contributed by atoms with E-state index in [1.807, 2.05) is 42.5 Å².